The average molecular weight is 395 g/mol. The number of benzene rings is 1. The van der Waals surface area contributed by atoms with E-state index in [-0.39, 0.29) is 34.9 Å². The number of nitrogens with zero attached hydrogens (tertiary/aromatic N) is 1. The third-order valence-electron chi connectivity index (χ3n) is 8.37. The highest BCUT2D eigenvalue weighted by molar-refractivity contribution is 5.76. The molecule has 1 amide bonds. The lowest BCUT2D eigenvalue weighted by Gasteiger charge is -2.69. The van der Waals surface area contributed by atoms with E-state index in [9.17, 15) is 9.59 Å². The predicted molar refractivity (Wildman–Crippen MR) is 104 cm³/mol. The molecular formula is C23H25NO5. The molecule has 152 valence electrons. The lowest BCUT2D eigenvalue weighted by molar-refractivity contribution is -0.191. The molecule has 1 saturated heterocycles. The van der Waals surface area contributed by atoms with Gasteiger partial charge in [-0.25, -0.2) is 0 Å². The monoisotopic (exact) mass is 395 g/mol. The van der Waals surface area contributed by atoms with Gasteiger partial charge in [0.25, 0.3) is 0 Å². The Hall–Kier alpha value is -2.34. The molecule has 0 unspecified atom stereocenters. The molecule has 4 aliphatic carbocycles. The van der Waals surface area contributed by atoms with Crippen LogP contribution in [0.15, 0.2) is 24.3 Å². The molecule has 6 aliphatic rings. The molecule has 0 radical (unpaired) electrons. The molecule has 29 heavy (non-hydrogen) atoms. The molecule has 2 heterocycles. The van der Waals surface area contributed by atoms with Gasteiger partial charge in [-0.05, 0) is 37.3 Å². The Morgan fingerprint density at radius 2 is 2.00 bits per heavy atom. The van der Waals surface area contributed by atoms with Crippen molar-refractivity contribution in [1.29, 1.82) is 0 Å². The van der Waals surface area contributed by atoms with Crippen LogP contribution in [0, 0.1) is 5.41 Å². The predicted octanol–water partition coefficient (Wildman–Crippen LogP) is 2.52. The molecule has 6 heteroatoms. The Balaban J connectivity index is 1.66. The Morgan fingerprint density at radius 3 is 2.66 bits per heavy atom. The van der Waals surface area contributed by atoms with Gasteiger partial charge < -0.3 is 19.1 Å². The second-order valence-electron chi connectivity index (χ2n) is 9.20. The van der Waals surface area contributed by atoms with Crippen LogP contribution in [-0.4, -0.2) is 48.2 Å². The number of hydrogen-bond donors (Lipinski definition) is 0. The first-order valence-corrected chi connectivity index (χ1v) is 10.4. The number of methoxy groups -OCH3 is 1. The summed E-state index contributed by atoms with van der Waals surface area (Å²) >= 11 is 0. The molecule has 7 rings (SSSR count). The van der Waals surface area contributed by atoms with Gasteiger partial charge in [-0.3, -0.25) is 9.59 Å². The first-order chi connectivity index (χ1) is 13.9. The maximum atomic E-state index is 12.5. The second-order valence-corrected chi connectivity index (χ2v) is 9.20. The van der Waals surface area contributed by atoms with Gasteiger partial charge in [-0.2, -0.15) is 0 Å². The average Bonchev–Trinajstić information content (AvgIpc) is 3.06. The van der Waals surface area contributed by atoms with E-state index in [0.29, 0.717) is 18.0 Å². The van der Waals surface area contributed by atoms with Gasteiger partial charge in [0, 0.05) is 44.5 Å². The SMILES string of the molecule is CO[C@]12C=C[C@@]3(CC1)[C@H]1Cc4ccc(OC(C)=O)c5c4[C@@]3(CCN1C(C)=O)[C@H]2O5. The van der Waals surface area contributed by atoms with E-state index in [0.717, 1.165) is 25.7 Å². The molecule has 0 aromatic heterocycles. The van der Waals surface area contributed by atoms with E-state index in [1.165, 1.54) is 18.1 Å². The van der Waals surface area contributed by atoms with Crippen molar-refractivity contribution in [3.05, 3.63) is 35.4 Å². The first kappa shape index (κ1) is 17.5. The third kappa shape index (κ3) is 1.75. The first-order valence-electron chi connectivity index (χ1n) is 10.4. The van der Waals surface area contributed by atoms with Gasteiger partial charge in [0.15, 0.2) is 11.5 Å². The Labute approximate surface area is 169 Å². The number of rotatable bonds is 2. The fraction of sp³-hybridized carbons (Fsp3) is 0.565. The highest BCUT2D eigenvalue weighted by Crippen LogP contribution is 2.73. The van der Waals surface area contributed by atoms with E-state index in [1.807, 2.05) is 6.07 Å². The second kappa shape index (κ2) is 5.22. The van der Waals surface area contributed by atoms with Gasteiger partial charge >= 0.3 is 5.97 Å². The van der Waals surface area contributed by atoms with Crippen LogP contribution < -0.4 is 9.47 Å². The van der Waals surface area contributed by atoms with Crippen molar-refractivity contribution >= 4 is 11.9 Å². The van der Waals surface area contributed by atoms with Crippen molar-refractivity contribution in [1.82, 2.24) is 4.90 Å². The summed E-state index contributed by atoms with van der Waals surface area (Å²) in [6.45, 7) is 3.81. The number of hydrogen-bond acceptors (Lipinski definition) is 5. The van der Waals surface area contributed by atoms with Crippen molar-refractivity contribution in [3.8, 4) is 11.5 Å². The van der Waals surface area contributed by atoms with Crippen molar-refractivity contribution in [2.24, 2.45) is 5.41 Å². The normalized spacial score (nSPS) is 39.8. The Bertz CT molecular complexity index is 1000. The summed E-state index contributed by atoms with van der Waals surface area (Å²) in [6, 6.07) is 4.01. The number of amides is 1. The summed E-state index contributed by atoms with van der Waals surface area (Å²) in [5.74, 6) is 0.981. The lowest BCUT2D eigenvalue weighted by Crippen LogP contribution is -2.77. The van der Waals surface area contributed by atoms with Crippen LogP contribution in [-0.2, 0) is 26.2 Å². The van der Waals surface area contributed by atoms with Gasteiger partial charge in [0.2, 0.25) is 5.91 Å². The van der Waals surface area contributed by atoms with Gasteiger partial charge in [-0.1, -0.05) is 18.2 Å². The fourth-order valence-electron chi connectivity index (χ4n) is 7.36. The largest absolute Gasteiger partial charge is 0.482 e. The zero-order valence-electron chi connectivity index (χ0n) is 17.0. The summed E-state index contributed by atoms with van der Waals surface area (Å²) in [7, 11) is 1.75. The fourth-order valence-corrected chi connectivity index (χ4v) is 7.36. The molecule has 1 saturated carbocycles. The van der Waals surface area contributed by atoms with Crippen LogP contribution in [0.3, 0.4) is 0 Å². The molecule has 2 spiro atoms. The van der Waals surface area contributed by atoms with E-state index in [2.05, 4.69) is 23.1 Å². The standard InChI is InChI=1S/C23H25NO5/c1-13(25)24-11-10-23-18-15-4-5-16(28-14(2)26)19(18)29-20(23)22(27-3)8-6-21(23,7-9-22)17(24)12-15/h4-6,8,17,20H,7,9-12H2,1-3H3/t17-,20+,21-,22-,23+/m1/s1. The minimum Gasteiger partial charge on any atom is -0.482 e. The molecule has 5 atom stereocenters. The number of likely N-dealkylation sites (tertiary alicyclic amines) is 1. The van der Waals surface area contributed by atoms with Crippen molar-refractivity contribution in [2.45, 2.75) is 62.7 Å². The molecule has 2 fully saturated rings. The minimum absolute atomic E-state index is 0.115. The number of piperidine rings is 1. The van der Waals surface area contributed by atoms with Gasteiger partial charge in [-0.15, -0.1) is 0 Å². The quantitative estimate of drug-likeness (QED) is 0.437. The van der Waals surface area contributed by atoms with Gasteiger partial charge in [0.1, 0.15) is 11.7 Å². The summed E-state index contributed by atoms with van der Waals surface area (Å²) in [5.41, 5.74) is 1.46. The molecule has 2 aliphatic heterocycles. The van der Waals surface area contributed by atoms with Crippen molar-refractivity contribution in [3.63, 3.8) is 0 Å². The number of esters is 1. The Kier molecular flexibility index (Phi) is 3.15. The summed E-state index contributed by atoms with van der Waals surface area (Å²) in [6.07, 6.45) is 7.77. The summed E-state index contributed by atoms with van der Waals surface area (Å²) in [4.78, 5) is 26.3. The van der Waals surface area contributed by atoms with Crippen LogP contribution in [0.5, 0.6) is 11.5 Å². The van der Waals surface area contributed by atoms with Crippen LogP contribution in [0.25, 0.3) is 0 Å². The molecule has 1 aromatic rings. The van der Waals surface area contributed by atoms with E-state index in [4.69, 9.17) is 14.2 Å². The van der Waals surface area contributed by atoms with Crippen molar-refractivity contribution in [2.75, 3.05) is 13.7 Å². The van der Waals surface area contributed by atoms with Gasteiger partial charge in [0.05, 0.1) is 5.41 Å². The summed E-state index contributed by atoms with van der Waals surface area (Å²) < 4.78 is 18.3. The van der Waals surface area contributed by atoms with Crippen LogP contribution in [0.4, 0.5) is 0 Å². The smallest absolute Gasteiger partial charge is 0.308 e. The summed E-state index contributed by atoms with van der Waals surface area (Å²) in [5, 5.41) is 0. The molecule has 1 aromatic carbocycles. The number of ether oxygens (including phenoxy) is 3. The van der Waals surface area contributed by atoms with Crippen LogP contribution in [0.2, 0.25) is 0 Å². The van der Waals surface area contributed by atoms with Crippen LogP contribution >= 0.6 is 0 Å². The Morgan fingerprint density at radius 1 is 1.17 bits per heavy atom. The lowest BCUT2D eigenvalue weighted by atomic mass is 9.39. The highest BCUT2D eigenvalue weighted by Gasteiger charge is 2.77. The maximum absolute atomic E-state index is 12.5. The molecule has 4 bridgehead atoms. The number of fused-ring (bicyclic) bond motifs is 1. The third-order valence-corrected chi connectivity index (χ3v) is 8.37. The minimum atomic E-state index is -0.494. The van der Waals surface area contributed by atoms with Crippen molar-refractivity contribution < 1.29 is 23.8 Å². The van der Waals surface area contributed by atoms with E-state index >= 15 is 0 Å². The van der Waals surface area contributed by atoms with E-state index in [1.54, 1.807) is 14.0 Å². The van der Waals surface area contributed by atoms with E-state index < -0.39 is 5.60 Å². The highest BCUT2D eigenvalue weighted by atomic mass is 16.6. The molecule has 6 nitrogen and oxygen atoms in total. The maximum Gasteiger partial charge on any atom is 0.308 e. The van der Waals surface area contributed by atoms with Crippen LogP contribution in [0.1, 0.15) is 44.2 Å². The topological polar surface area (TPSA) is 65.1 Å². The number of carbonyl (C=O) groups excluding carboxylic acids is 2. The zero-order chi connectivity index (χ0) is 20.2. The molecular weight excluding hydrogens is 370 g/mol. The number of carbonyl (C=O) groups is 2. The zero-order valence-corrected chi connectivity index (χ0v) is 17.0. The molecule has 0 N–H and O–H groups in total.